The highest BCUT2D eigenvalue weighted by Crippen LogP contribution is 2.25. The minimum absolute atomic E-state index is 0.0850. The van der Waals surface area contributed by atoms with Gasteiger partial charge in [0.1, 0.15) is 5.82 Å². The molecule has 0 aliphatic rings. The predicted molar refractivity (Wildman–Crippen MR) is 54.7 cm³/mol. The molecule has 0 bridgehead atoms. The lowest BCUT2D eigenvalue weighted by molar-refractivity contribution is 0.615. The van der Waals surface area contributed by atoms with Crippen LogP contribution >= 0.6 is 11.6 Å². The molecule has 0 spiro atoms. The van der Waals surface area contributed by atoms with E-state index in [1.165, 1.54) is 6.07 Å². The van der Waals surface area contributed by atoms with Gasteiger partial charge in [-0.25, -0.2) is 4.39 Å². The molecule has 1 aromatic rings. The first-order chi connectivity index (χ1) is 6.15. The summed E-state index contributed by atoms with van der Waals surface area (Å²) < 4.78 is 12.9. The third-order valence-corrected chi connectivity index (χ3v) is 2.99. The second-order valence-electron chi connectivity index (χ2n) is 3.27. The molecule has 0 aliphatic carbocycles. The molecule has 2 unspecified atom stereocenters. The molecule has 2 heteroatoms. The van der Waals surface area contributed by atoms with Gasteiger partial charge in [-0.3, -0.25) is 0 Å². The van der Waals surface area contributed by atoms with Crippen LogP contribution in [0.1, 0.15) is 31.7 Å². The Morgan fingerprint density at radius 3 is 2.69 bits per heavy atom. The zero-order valence-electron chi connectivity index (χ0n) is 7.93. The Balaban J connectivity index is 2.82. The normalized spacial score (nSPS) is 15.4. The van der Waals surface area contributed by atoms with Gasteiger partial charge in [0.2, 0.25) is 0 Å². The minimum Gasteiger partial charge on any atom is -0.207 e. The summed E-state index contributed by atoms with van der Waals surface area (Å²) in [6.07, 6.45) is 0.902. The first kappa shape index (κ1) is 10.5. The zero-order valence-corrected chi connectivity index (χ0v) is 8.68. The van der Waals surface area contributed by atoms with Gasteiger partial charge in [0.15, 0.2) is 0 Å². The lowest BCUT2D eigenvalue weighted by Crippen LogP contribution is -2.08. The number of hydrogen-bond acceptors (Lipinski definition) is 0. The topological polar surface area (TPSA) is 0 Å². The third kappa shape index (κ3) is 2.70. The Morgan fingerprint density at radius 2 is 2.15 bits per heavy atom. The van der Waals surface area contributed by atoms with Gasteiger partial charge >= 0.3 is 0 Å². The summed E-state index contributed by atoms with van der Waals surface area (Å²) in [6, 6.07) is 6.64. The van der Waals surface area contributed by atoms with Gasteiger partial charge in [0, 0.05) is 5.38 Å². The van der Waals surface area contributed by atoms with E-state index in [4.69, 9.17) is 11.6 Å². The maximum atomic E-state index is 12.9. The van der Waals surface area contributed by atoms with Crippen LogP contribution in [0, 0.1) is 5.82 Å². The minimum atomic E-state index is -0.190. The van der Waals surface area contributed by atoms with E-state index in [0.717, 1.165) is 12.0 Å². The van der Waals surface area contributed by atoms with Crippen molar-refractivity contribution in [1.82, 2.24) is 0 Å². The second-order valence-corrected chi connectivity index (χ2v) is 3.83. The van der Waals surface area contributed by atoms with Crippen LogP contribution in [0.5, 0.6) is 0 Å². The summed E-state index contributed by atoms with van der Waals surface area (Å²) in [4.78, 5) is 0. The fourth-order valence-corrected chi connectivity index (χ4v) is 1.50. The van der Waals surface area contributed by atoms with Crippen molar-refractivity contribution in [1.29, 1.82) is 0 Å². The molecular formula is C11H14ClF. The lowest BCUT2D eigenvalue weighted by Gasteiger charge is -2.16. The first-order valence-electron chi connectivity index (χ1n) is 4.54. The second kappa shape index (κ2) is 4.61. The summed E-state index contributed by atoms with van der Waals surface area (Å²) in [6.45, 7) is 4.06. The lowest BCUT2D eigenvalue weighted by atomic mass is 9.96. The Hall–Kier alpha value is -0.560. The smallest absolute Gasteiger partial charge is 0.123 e. The van der Waals surface area contributed by atoms with Crippen molar-refractivity contribution in [3.8, 4) is 0 Å². The molecule has 1 aromatic carbocycles. The molecule has 2 atom stereocenters. The van der Waals surface area contributed by atoms with E-state index in [1.807, 2.05) is 19.9 Å². The largest absolute Gasteiger partial charge is 0.207 e. The molecule has 0 amide bonds. The number of halogens is 2. The summed E-state index contributed by atoms with van der Waals surface area (Å²) >= 11 is 6.08. The van der Waals surface area contributed by atoms with Crippen molar-refractivity contribution in [2.24, 2.45) is 0 Å². The van der Waals surface area contributed by atoms with Crippen LogP contribution in [-0.2, 0) is 0 Å². The summed E-state index contributed by atoms with van der Waals surface area (Å²) in [5, 5.41) is 0.0850. The van der Waals surface area contributed by atoms with Gasteiger partial charge in [0.25, 0.3) is 0 Å². The molecule has 0 nitrogen and oxygen atoms in total. The number of hydrogen-bond donors (Lipinski definition) is 0. The Bertz CT molecular complexity index is 273. The van der Waals surface area contributed by atoms with Crippen LogP contribution in [0.25, 0.3) is 0 Å². The van der Waals surface area contributed by atoms with E-state index >= 15 is 0 Å². The van der Waals surface area contributed by atoms with Crippen molar-refractivity contribution in [2.75, 3.05) is 0 Å². The average molecular weight is 201 g/mol. The van der Waals surface area contributed by atoms with Gasteiger partial charge in [-0.05, 0) is 30.0 Å². The van der Waals surface area contributed by atoms with Crippen molar-refractivity contribution in [3.63, 3.8) is 0 Å². The number of alkyl halides is 1. The molecule has 0 saturated carbocycles. The van der Waals surface area contributed by atoms with E-state index in [9.17, 15) is 4.39 Å². The van der Waals surface area contributed by atoms with Crippen LogP contribution in [-0.4, -0.2) is 5.38 Å². The summed E-state index contributed by atoms with van der Waals surface area (Å²) in [5.41, 5.74) is 0.974. The molecular weight excluding hydrogens is 187 g/mol. The maximum Gasteiger partial charge on any atom is 0.123 e. The number of benzene rings is 1. The molecule has 0 fully saturated rings. The van der Waals surface area contributed by atoms with E-state index in [2.05, 4.69) is 0 Å². The van der Waals surface area contributed by atoms with Gasteiger partial charge in [-0.2, -0.15) is 0 Å². The van der Waals surface area contributed by atoms with Gasteiger partial charge < -0.3 is 0 Å². The molecule has 0 N–H and O–H groups in total. The highest BCUT2D eigenvalue weighted by atomic mass is 35.5. The van der Waals surface area contributed by atoms with E-state index in [-0.39, 0.29) is 17.1 Å². The SMILES string of the molecule is CCC(Cl)C(C)c1cccc(F)c1. The zero-order chi connectivity index (χ0) is 9.84. The fourth-order valence-electron chi connectivity index (χ4n) is 1.35. The highest BCUT2D eigenvalue weighted by molar-refractivity contribution is 6.21. The van der Waals surface area contributed by atoms with Crippen LogP contribution in [0.2, 0.25) is 0 Å². The Morgan fingerprint density at radius 1 is 1.46 bits per heavy atom. The summed E-state index contributed by atoms with van der Waals surface area (Å²) in [7, 11) is 0. The van der Waals surface area contributed by atoms with Crippen LogP contribution in [0.15, 0.2) is 24.3 Å². The van der Waals surface area contributed by atoms with Crippen molar-refractivity contribution >= 4 is 11.6 Å². The Kier molecular flexibility index (Phi) is 3.73. The Labute approximate surface area is 83.7 Å². The molecule has 72 valence electrons. The molecule has 0 heterocycles. The van der Waals surface area contributed by atoms with E-state index in [0.29, 0.717) is 0 Å². The average Bonchev–Trinajstić information content (AvgIpc) is 2.15. The van der Waals surface area contributed by atoms with Gasteiger partial charge in [-0.1, -0.05) is 26.0 Å². The molecule has 0 aromatic heterocycles. The van der Waals surface area contributed by atoms with Crippen LogP contribution < -0.4 is 0 Å². The standard InChI is InChI=1S/C11H14ClF/c1-3-11(12)8(2)9-5-4-6-10(13)7-9/h4-8,11H,3H2,1-2H3. The van der Waals surface area contributed by atoms with Crippen molar-refractivity contribution < 1.29 is 4.39 Å². The fraction of sp³-hybridized carbons (Fsp3) is 0.455. The quantitative estimate of drug-likeness (QED) is 0.649. The molecule has 0 saturated heterocycles. The molecule has 0 aliphatic heterocycles. The highest BCUT2D eigenvalue weighted by Gasteiger charge is 2.14. The summed E-state index contributed by atoms with van der Waals surface area (Å²) in [5.74, 6) is 0.0201. The third-order valence-electron chi connectivity index (χ3n) is 2.31. The number of rotatable bonds is 3. The van der Waals surface area contributed by atoms with E-state index in [1.54, 1.807) is 12.1 Å². The van der Waals surface area contributed by atoms with Gasteiger partial charge in [-0.15, -0.1) is 11.6 Å². The van der Waals surface area contributed by atoms with Crippen molar-refractivity contribution in [2.45, 2.75) is 31.6 Å². The molecule has 1 rings (SSSR count). The molecule has 13 heavy (non-hydrogen) atoms. The maximum absolute atomic E-state index is 12.9. The van der Waals surface area contributed by atoms with E-state index < -0.39 is 0 Å². The van der Waals surface area contributed by atoms with Crippen LogP contribution in [0.3, 0.4) is 0 Å². The van der Waals surface area contributed by atoms with Gasteiger partial charge in [0.05, 0.1) is 0 Å². The molecule has 0 radical (unpaired) electrons. The monoisotopic (exact) mass is 200 g/mol. The van der Waals surface area contributed by atoms with Crippen molar-refractivity contribution in [3.05, 3.63) is 35.6 Å². The first-order valence-corrected chi connectivity index (χ1v) is 4.98. The van der Waals surface area contributed by atoms with Crippen LogP contribution in [0.4, 0.5) is 4.39 Å². The predicted octanol–water partition coefficient (Wildman–Crippen LogP) is 3.95.